The van der Waals surface area contributed by atoms with E-state index in [1.807, 2.05) is 0 Å². The number of carbonyl (C=O) groups is 1. The lowest BCUT2D eigenvalue weighted by molar-refractivity contribution is 0.100. The number of benzene rings is 1. The predicted octanol–water partition coefficient (Wildman–Crippen LogP) is 2.62. The van der Waals surface area contributed by atoms with E-state index in [4.69, 9.17) is 10.5 Å². The first-order valence-corrected chi connectivity index (χ1v) is 11.3. The van der Waals surface area contributed by atoms with Crippen molar-refractivity contribution in [1.29, 1.82) is 0 Å². The van der Waals surface area contributed by atoms with Crippen LogP contribution in [0, 0.1) is 12.7 Å². The van der Waals surface area contributed by atoms with E-state index >= 15 is 0 Å². The summed E-state index contributed by atoms with van der Waals surface area (Å²) < 4.78 is 43.5. The van der Waals surface area contributed by atoms with Gasteiger partial charge >= 0.3 is 0 Å². The highest BCUT2D eigenvalue weighted by atomic mass is 32.2. The number of carbonyl (C=O) groups excluding carboxylic acids is 1. The lowest BCUT2D eigenvalue weighted by atomic mass is 10.1. The van der Waals surface area contributed by atoms with E-state index in [1.165, 1.54) is 40.2 Å². The molecule has 31 heavy (non-hydrogen) atoms. The Hall–Kier alpha value is -2.67. The summed E-state index contributed by atoms with van der Waals surface area (Å²) in [7, 11) is 0. The van der Waals surface area contributed by atoms with E-state index in [0.29, 0.717) is 58.1 Å². The third-order valence-corrected chi connectivity index (χ3v) is 7.05. The van der Waals surface area contributed by atoms with Crippen LogP contribution in [0.2, 0.25) is 0 Å². The zero-order valence-electron chi connectivity index (χ0n) is 16.5. The quantitative estimate of drug-likeness (QED) is 0.536. The lowest BCUT2D eigenvalue weighted by Gasteiger charge is -2.33. The van der Waals surface area contributed by atoms with Crippen molar-refractivity contribution in [2.24, 2.45) is 5.73 Å². The fourth-order valence-electron chi connectivity index (χ4n) is 3.50. The molecular weight excluding hydrogens is 445 g/mol. The molecule has 0 aliphatic carbocycles. The van der Waals surface area contributed by atoms with Gasteiger partial charge in [-0.05, 0) is 37.5 Å². The number of halogens is 1. The Labute approximate surface area is 183 Å². The normalized spacial score (nSPS) is 16.4. The van der Waals surface area contributed by atoms with Gasteiger partial charge in [-0.1, -0.05) is 0 Å². The maximum Gasteiger partial charge on any atom is 0.259 e. The first-order chi connectivity index (χ1) is 14.8. The molecule has 2 aromatic heterocycles. The van der Waals surface area contributed by atoms with Gasteiger partial charge in [-0.3, -0.25) is 9.00 Å². The van der Waals surface area contributed by atoms with E-state index in [-0.39, 0.29) is 11.9 Å². The van der Waals surface area contributed by atoms with Gasteiger partial charge < -0.3 is 20.3 Å². The molecule has 3 N–H and O–H groups in total. The number of nitrogens with zero attached hydrogens (tertiary/aromatic N) is 3. The van der Waals surface area contributed by atoms with Gasteiger partial charge in [0.05, 0.1) is 16.0 Å². The van der Waals surface area contributed by atoms with E-state index < -0.39 is 23.0 Å². The number of hydrogen-bond acceptors (Lipinski definition) is 8. The Bertz CT molecular complexity index is 1160. The lowest BCUT2D eigenvalue weighted by Crippen LogP contribution is -2.39. The Morgan fingerprint density at radius 2 is 2.13 bits per heavy atom. The Morgan fingerprint density at radius 1 is 1.39 bits per heavy atom. The summed E-state index contributed by atoms with van der Waals surface area (Å²) in [5, 5.41) is 3.81. The van der Waals surface area contributed by atoms with Crippen LogP contribution in [0.3, 0.4) is 0 Å². The summed E-state index contributed by atoms with van der Waals surface area (Å²) in [6.45, 7) is 2.45. The van der Waals surface area contributed by atoms with Gasteiger partial charge in [0.15, 0.2) is 0 Å². The van der Waals surface area contributed by atoms with Crippen molar-refractivity contribution in [2.45, 2.75) is 25.9 Å². The number of aryl methyl sites for hydroxylation is 1. The van der Waals surface area contributed by atoms with E-state index in [2.05, 4.69) is 15.3 Å². The average Bonchev–Trinajstić information content (AvgIpc) is 3.08. The van der Waals surface area contributed by atoms with Crippen LogP contribution in [0.25, 0.3) is 10.2 Å². The van der Waals surface area contributed by atoms with Crippen molar-refractivity contribution in [3.05, 3.63) is 40.8 Å². The highest BCUT2D eigenvalue weighted by Crippen LogP contribution is 2.37. The average molecular weight is 465 g/mol. The molecule has 4 rings (SSSR count). The second-order valence-corrected chi connectivity index (χ2v) is 9.00. The molecule has 0 saturated carbocycles. The zero-order chi connectivity index (χ0) is 22.1. The van der Waals surface area contributed by atoms with Crippen molar-refractivity contribution in [1.82, 2.24) is 14.3 Å². The van der Waals surface area contributed by atoms with Crippen LogP contribution in [-0.2, 0) is 11.3 Å². The van der Waals surface area contributed by atoms with E-state index in [1.54, 1.807) is 6.92 Å². The minimum atomic E-state index is -2.26. The summed E-state index contributed by atoms with van der Waals surface area (Å²) in [6, 6.07) is 4.11. The molecule has 1 aromatic carbocycles. The number of nitrogens with two attached hydrogens (primary N) is 1. The maximum atomic E-state index is 13.9. The number of nitrogens with one attached hydrogen (secondary N) is 1. The number of hydrogen-bond donors (Lipinski definition) is 2. The van der Waals surface area contributed by atoms with Crippen LogP contribution in [0.1, 0.15) is 28.1 Å². The number of ether oxygens (including phenoxy) is 1. The molecule has 12 heteroatoms. The number of thiophene rings is 1. The summed E-state index contributed by atoms with van der Waals surface area (Å²) >= 11 is -1.07. The molecule has 164 valence electrons. The molecule has 0 spiro atoms. The van der Waals surface area contributed by atoms with Crippen molar-refractivity contribution >= 4 is 50.2 Å². The largest absolute Gasteiger partial charge is 0.760 e. The van der Waals surface area contributed by atoms with Gasteiger partial charge in [-0.2, -0.15) is 0 Å². The Balaban J connectivity index is 1.62. The van der Waals surface area contributed by atoms with Crippen LogP contribution < -0.4 is 15.8 Å². The van der Waals surface area contributed by atoms with Crippen molar-refractivity contribution in [3.8, 4) is 5.75 Å². The molecule has 1 atom stereocenters. The van der Waals surface area contributed by atoms with Crippen molar-refractivity contribution < 1.29 is 22.7 Å². The van der Waals surface area contributed by atoms with Gasteiger partial charge in [0, 0.05) is 30.4 Å². The molecule has 1 aliphatic rings. The molecule has 1 fully saturated rings. The fourth-order valence-corrected chi connectivity index (χ4v) is 5.01. The van der Waals surface area contributed by atoms with Crippen LogP contribution in [0.15, 0.2) is 24.5 Å². The smallest absolute Gasteiger partial charge is 0.259 e. The standard InChI is InChI=1S/C19H20FN5O4S2/c1-10-15-18(22-9-23-19(15)30-16(10)17(21)26)24-13-3-2-11(20)8-14(13)29-12-4-6-25(7-5-12)31(27)28/h2-3,8-9,12H,4-7H2,1H3,(H2,21,26)(H,27,28)(H,22,23,24)/p-1. The fraction of sp³-hybridized carbons (Fsp3) is 0.316. The molecule has 1 unspecified atom stereocenters. The first kappa shape index (κ1) is 21.6. The zero-order valence-corrected chi connectivity index (χ0v) is 18.1. The molecule has 9 nitrogen and oxygen atoms in total. The molecular formula is C19H19FN5O4S2-. The molecule has 3 heterocycles. The van der Waals surface area contributed by atoms with Crippen LogP contribution in [0.5, 0.6) is 5.75 Å². The third kappa shape index (κ3) is 4.51. The number of fused-ring (bicyclic) bond motifs is 1. The predicted molar refractivity (Wildman–Crippen MR) is 114 cm³/mol. The number of piperidine rings is 1. The SMILES string of the molecule is Cc1c(C(N)=O)sc2ncnc(Nc3ccc(F)cc3OC3CCN(S(=O)[O-])CC3)c12. The molecule has 0 bridgehead atoms. The van der Waals surface area contributed by atoms with Crippen LogP contribution in [0.4, 0.5) is 15.9 Å². The van der Waals surface area contributed by atoms with Crippen molar-refractivity contribution in [3.63, 3.8) is 0 Å². The minimum absolute atomic E-state index is 0.253. The second-order valence-electron chi connectivity index (χ2n) is 7.05. The molecule has 1 saturated heterocycles. The summed E-state index contributed by atoms with van der Waals surface area (Å²) in [4.78, 5) is 21.2. The maximum absolute atomic E-state index is 13.9. The van der Waals surface area contributed by atoms with Crippen molar-refractivity contribution in [2.75, 3.05) is 18.4 Å². The molecule has 0 radical (unpaired) electrons. The monoisotopic (exact) mass is 464 g/mol. The number of anilines is 2. The van der Waals surface area contributed by atoms with Crippen LogP contribution in [-0.4, -0.2) is 48.1 Å². The number of rotatable bonds is 6. The van der Waals surface area contributed by atoms with Crippen LogP contribution >= 0.6 is 11.3 Å². The Kier molecular flexibility index (Phi) is 6.14. The molecule has 1 amide bonds. The number of amides is 1. The molecule has 3 aromatic rings. The van der Waals surface area contributed by atoms with Gasteiger partial charge in [0.1, 0.15) is 34.6 Å². The summed E-state index contributed by atoms with van der Waals surface area (Å²) in [6.07, 6.45) is 2.10. The summed E-state index contributed by atoms with van der Waals surface area (Å²) in [5.74, 6) is -0.271. The van der Waals surface area contributed by atoms with Gasteiger partial charge in [-0.15, -0.1) is 11.3 Å². The topological polar surface area (TPSA) is 134 Å². The minimum Gasteiger partial charge on any atom is -0.760 e. The number of primary amides is 1. The van der Waals surface area contributed by atoms with E-state index in [0.717, 1.165) is 0 Å². The van der Waals surface area contributed by atoms with Gasteiger partial charge in [-0.25, -0.2) is 18.7 Å². The second kappa shape index (κ2) is 8.83. The van der Waals surface area contributed by atoms with Gasteiger partial charge in [0.2, 0.25) is 0 Å². The molecule has 1 aliphatic heterocycles. The first-order valence-electron chi connectivity index (χ1n) is 9.45. The highest BCUT2D eigenvalue weighted by Gasteiger charge is 2.23. The summed E-state index contributed by atoms with van der Waals surface area (Å²) in [5.41, 5.74) is 6.61. The highest BCUT2D eigenvalue weighted by molar-refractivity contribution is 7.76. The van der Waals surface area contributed by atoms with E-state index in [9.17, 15) is 17.9 Å². The van der Waals surface area contributed by atoms with Gasteiger partial charge in [0.25, 0.3) is 5.91 Å². The third-order valence-electron chi connectivity index (χ3n) is 5.05. The number of aromatic nitrogens is 2. The Morgan fingerprint density at radius 3 is 2.81 bits per heavy atom.